The van der Waals surface area contributed by atoms with E-state index in [1.807, 2.05) is 0 Å². The van der Waals surface area contributed by atoms with Crippen molar-refractivity contribution in [3.8, 4) is 0 Å². The summed E-state index contributed by atoms with van der Waals surface area (Å²) in [7, 11) is -16.9. The quantitative estimate of drug-likeness (QED) is 0.173. The molecule has 0 fully saturated rings. The van der Waals surface area contributed by atoms with E-state index in [9.17, 15) is 50.4 Å². The van der Waals surface area contributed by atoms with E-state index in [0.29, 0.717) is 23.9 Å². The third kappa shape index (κ3) is 20.0. The van der Waals surface area contributed by atoms with Crippen molar-refractivity contribution in [1.29, 1.82) is 0 Å². The molecule has 2 aromatic rings. The van der Waals surface area contributed by atoms with Crippen molar-refractivity contribution in [2.45, 2.75) is 92.2 Å². The van der Waals surface area contributed by atoms with Crippen LogP contribution in [0.25, 0.3) is 0 Å². The Labute approximate surface area is 299 Å². The van der Waals surface area contributed by atoms with Crippen LogP contribution in [0.3, 0.4) is 0 Å². The van der Waals surface area contributed by atoms with Crippen LogP contribution in [0.5, 0.6) is 0 Å². The molecule has 0 saturated carbocycles. The second-order valence-electron chi connectivity index (χ2n) is 15.9. The number of nitrogens with zero attached hydrogens (tertiary/aromatic N) is 4. The van der Waals surface area contributed by atoms with E-state index in [2.05, 4.69) is 163 Å². The van der Waals surface area contributed by atoms with Crippen LogP contribution in [0.1, 0.15) is 80.4 Å². The van der Waals surface area contributed by atoms with Gasteiger partial charge in [-0.2, -0.15) is 0 Å². The average Bonchev–Trinajstić information content (AvgIpc) is 3.47. The summed E-state index contributed by atoms with van der Waals surface area (Å²) in [6.07, 6.45) is 4.52. The van der Waals surface area contributed by atoms with Gasteiger partial charge >= 0.3 is 66.0 Å². The molecule has 18 heteroatoms. The maximum absolute atomic E-state index is 10.7. The number of benzene rings is 2. The second-order valence-corrected chi connectivity index (χ2v) is 19.8. The Bertz CT molecular complexity index is 1450. The number of anilines is 2. The summed E-state index contributed by atoms with van der Waals surface area (Å²) in [5.74, 6) is 1.35. The fourth-order valence-corrected chi connectivity index (χ4v) is 5.77. The topological polar surface area (TPSA) is 12.5 Å². The van der Waals surface area contributed by atoms with Gasteiger partial charge in [-0.25, -0.2) is 9.80 Å². The summed E-state index contributed by atoms with van der Waals surface area (Å²) in [6.45, 7) is 25.1. The molecular weight excluding hydrogens is 754 g/mol. The molecule has 2 aliphatic rings. The van der Waals surface area contributed by atoms with Crippen LogP contribution in [0, 0.1) is 11.8 Å². The molecule has 0 amide bonds. The summed E-state index contributed by atoms with van der Waals surface area (Å²) in [4.78, 5) is 4.82. The van der Waals surface area contributed by atoms with E-state index in [4.69, 9.17) is 0 Å². The monoisotopic (exact) mass is 808 g/mol. The van der Waals surface area contributed by atoms with Crippen LogP contribution in [0.4, 0.5) is 61.7 Å². The van der Waals surface area contributed by atoms with Crippen LogP contribution < -0.4 is 9.80 Å². The fraction of sp³-hybridized carbons (Fsp3) is 0.588. The number of likely N-dealkylation sites (N-methyl/N-ethyl adjacent to an activating group) is 2. The molecule has 0 N–H and O–H groups in total. The summed E-state index contributed by atoms with van der Waals surface area (Å²) < 4.78 is 123. The van der Waals surface area contributed by atoms with E-state index < -0.39 is 15.6 Å². The van der Waals surface area contributed by atoms with Crippen LogP contribution in [0.15, 0.2) is 48.5 Å². The Morgan fingerprint density at radius 1 is 0.519 bits per heavy atom. The number of hydrogen-bond acceptors (Lipinski definition) is 2. The van der Waals surface area contributed by atoms with Gasteiger partial charge in [0.05, 0.1) is 14.1 Å². The predicted molar refractivity (Wildman–Crippen MR) is 194 cm³/mol. The Hall–Kier alpha value is -2.60. The summed E-state index contributed by atoms with van der Waals surface area (Å²) in [6, 6.07) is 18.8. The van der Waals surface area contributed by atoms with Gasteiger partial charge in [0, 0.05) is 11.1 Å². The zero-order valence-electron chi connectivity index (χ0n) is 31.7. The minimum atomic E-state index is -10.7. The standard InChI is InChI=1S/2C17H27N2.2F6P/c2*1-13(2)16-11-19(12-18(16)6)15-10-8-7-9-14(15)17(3,4)5;2*1-7(2,3,4,5)6/h2*7-10,12-13,16H,11H2,1-6H3;;/q2*+1;2*-1/t2*16-;;/m11../s1. The average molecular weight is 809 g/mol. The normalized spacial score (nSPS) is 20.9. The van der Waals surface area contributed by atoms with Crippen LogP contribution in [-0.2, 0) is 10.8 Å². The van der Waals surface area contributed by atoms with Crippen molar-refractivity contribution in [2.24, 2.45) is 11.8 Å². The van der Waals surface area contributed by atoms with E-state index in [0.717, 1.165) is 13.1 Å². The molecule has 4 rings (SSSR count). The van der Waals surface area contributed by atoms with Gasteiger partial charge in [0.2, 0.25) is 12.7 Å². The Balaban J connectivity index is 0.000000384. The first kappa shape index (κ1) is 47.4. The van der Waals surface area contributed by atoms with E-state index in [-0.39, 0.29) is 10.8 Å². The SMILES string of the molecule is CC(C)[C@H]1CN(c2ccccc2C(C)(C)C)C=[N+]1C.CC(C)[C@H]1CN(c2ccccc2C(C)(C)C)C=[N+]1C.F[P-](F)(F)(F)(F)F.F[P-](F)(F)(F)(F)F. The molecule has 0 bridgehead atoms. The third-order valence-corrected chi connectivity index (χ3v) is 8.04. The molecule has 4 nitrogen and oxygen atoms in total. The summed E-state index contributed by atoms with van der Waals surface area (Å²) in [5, 5.41) is 0. The molecule has 2 aliphatic heterocycles. The van der Waals surface area contributed by atoms with Crippen LogP contribution in [0.2, 0.25) is 0 Å². The van der Waals surface area contributed by atoms with Crippen molar-refractivity contribution >= 4 is 39.7 Å². The Morgan fingerprint density at radius 2 is 0.750 bits per heavy atom. The Morgan fingerprint density at radius 3 is 0.942 bits per heavy atom. The maximum atomic E-state index is 9.87. The Kier molecular flexibility index (Phi) is 13.0. The molecule has 0 aromatic heterocycles. The van der Waals surface area contributed by atoms with Gasteiger partial charge in [0.15, 0.2) is 0 Å². The molecule has 0 aliphatic carbocycles. The van der Waals surface area contributed by atoms with Gasteiger partial charge in [-0.15, -0.1) is 0 Å². The van der Waals surface area contributed by atoms with Crippen molar-refractivity contribution in [3.05, 3.63) is 59.7 Å². The molecule has 0 saturated heterocycles. The minimum absolute atomic E-state index is 0.179. The van der Waals surface area contributed by atoms with Gasteiger partial charge < -0.3 is 0 Å². The van der Waals surface area contributed by atoms with E-state index >= 15 is 0 Å². The fourth-order valence-electron chi connectivity index (χ4n) is 5.77. The zero-order valence-corrected chi connectivity index (χ0v) is 33.5. The summed E-state index contributed by atoms with van der Waals surface area (Å²) >= 11 is 0. The molecule has 0 radical (unpaired) electrons. The third-order valence-electron chi connectivity index (χ3n) is 8.04. The van der Waals surface area contributed by atoms with Gasteiger partial charge in [0.25, 0.3) is 0 Å². The number of para-hydroxylation sites is 2. The molecule has 2 heterocycles. The van der Waals surface area contributed by atoms with Gasteiger partial charge in [0.1, 0.15) is 36.5 Å². The van der Waals surface area contributed by atoms with Gasteiger partial charge in [-0.1, -0.05) is 106 Å². The summed E-state index contributed by atoms with van der Waals surface area (Å²) in [5.41, 5.74) is 5.90. The van der Waals surface area contributed by atoms with Crippen LogP contribution in [-0.4, -0.2) is 61.1 Å². The first-order chi connectivity index (χ1) is 22.5. The van der Waals surface area contributed by atoms with Gasteiger partial charge in [-0.05, 0) is 34.8 Å². The van der Waals surface area contributed by atoms with Crippen molar-refractivity contribution < 1.29 is 59.5 Å². The number of halogens is 12. The molecule has 52 heavy (non-hydrogen) atoms. The molecule has 0 unspecified atom stereocenters. The van der Waals surface area contributed by atoms with E-state index in [1.54, 1.807) is 0 Å². The predicted octanol–water partition coefficient (Wildman–Crippen LogP) is 13.8. The first-order valence-corrected chi connectivity index (χ1v) is 20.6. The number of rotatable bonds is 4. The van der Waals surface area contributed by atoms with Crippen molar-refractivity contribution in [1.82, 2.24) is 0 Å². The van der Waals surface area contributed by atoms with Gasteiger partial charge in [-0.3, -0.25) is 9.15 Å². The molecule has 0 spiro atoms. The number of hydrogen-bond donors (Lipinski definition) is 0. The van der Waals surface area contributed by atoms with E-state index in [1.165, 1.54) is 22.5 Å². The van der Waals surface area contributed by atoms with Crippen molar-refractivity contribution in [3.63, 3.8) is 0 Å². The van der Waals surface area contributed by atoms with Crippen molar-refractivity contribution in [2.75, 3.05) is 37.0 Å². The first-order valence-electron chi connectivity index (χ1n) is 16.5. The second kappa shape index (κ2) is 14.2. The molecule has 2 aromatic carbocycles. The molecular formula is C34H54F12N4P2. The van der Waals surface area contributed by atoms with Crippen LogP contribution >= 0.6 is 15.6 Å². The molecule has 304 valence electrons. The molecule has 2 atom stereocenters. The zero-order chi connectivity index (χ0) is 41.2.